The van der Waals surface area contributed by atoms with E-state index in [0.29, 0.717) is 6.20 Å². The summed E-state index contributed by atoms with van der Waals surface area (Å²) >= 11 is 0. The maximum atomic E-state index is 13.8. The second kappa shape index (κ2) is 8.53. The van der Waals surface area contributed by atoms with Gasteiger partial charge < -0.3 is 5.32 Å². The van der Waals surface area contributed by atoms with Gasteiger partial charge in [-0.1, -0.05) is 0 Å². The summed E-state index contributed by atoms with van der Waals surface area (Å²) in [6.07, 6.45) is -18.4. The first-order valence-corrected chi connectivity index (χ1v) is 8.97. The van der Waals surface area contributed by atoms with Crippen LogP contribution in [0.2, 0.25) is 0 Å². The average Bonchev–Trinajstić information content (AvgIpc) is 3.30. The summed E-state index contributed by atoms with van der Waals surface area (Å²) in [5.74, 6) is -1.50. The molecule has 1 N–H and O–H groups in total. The van der Waals surface area contributed by atoms with Crippen molar-refractivity contribution in [3.05, 3.63) is 58.7 Å². The second-order valence-corrected chi connectivity index (χ2v) is 6.94. The first-order chi connectivity index (χ1) is 15.9. The zero-order valence-electron chi connectivity index (χ0n) is 16.8. The number of carbonyl (C=O) groups excluding carboxylic acids is 1. The molecule has 0 aliphatic carbocycles. The molecule has 17 heteroatoms. The van der Waals surface area contributed by atoms with Gasteiger partial charge in [-0.15, -0.1) is 0 Å². The van der Waals surface area contributed by atoms with Crippen LogP contribution in [0, 0.1) is 0 Å². The number of amides is 1. The van der Waals surface area contributed by atoms with Gasteiger partial charge >= 0.3 is 18.5 Å². The van der Waals surface area contributed by atoms with Crippen LogP contribution in [0.4, 0.5) is 54.0 Å². The lowest BCUT2D eigenvalue weighted by atomic mass is 10.1. The van der Waals surface area contributed by atoms with Gasteiger partial charge in [-0.25, -0.2) is 13.5 Å². The highest BCUT2D eigenvalue weighted by atomic mass is 19.4. The number of carbonyl (C=O) groups is 1. The molecular weight excluding hydrogens is 511 g/mol. The maximum absolute atomic E-state index is 13.8. The molecule has 0 unspecified atom stereocenters. The Labute approximate surface area is 186 Å². The Morgan fingerprint density at radius 2 is 1.46 bits per heavy atom. The van der Waals surface area contributed by atoms with Crippen LogP contribution in [0.15, 0.2) is 30.6 Å². The number of alkyl halides is 11. The van der Waals surface area contributed by atoms with Gasteiger partial charge in [0.2, 0.25) is 0 Å². The van der Waals surface area contributed by atoms with Crippen LogP contribution in [0.5, 0.6) is 0 Å². The molecule has 3 aromatic rings. The van der Waals surface area contributed by atoms with Crippen LogP contribution >= 0.6 is 0 Å². The van der Waals surface area contributed by atoms with E-state index < -0.39 is 70.3 Å². The molecule has 0 bridgehead atoms. The lowest BCUT2D eigenvalue weighted by Crippen LogP contribution is -2.20. The fourth-order valence-electron chi connectivity index (χ4n) is 3.00. The summed E-state index contributed by atoms with van der Waals surface area (Å²) in [6.45, 7) is 0. The number of hydrogen-bond donors (Lipinski definition) is 1. The van der Waals surface area contributed by atoms with Crippen molar-refractivity contribution >= 4 is 11.6 Å². The summed E-state index contributed by atoms with van der Waals surface area (Å²) in [5, 5.41) is 8.15. The van der Waals surface area contributed by atoms with E-state index in [2.05, 4.69) is 10.2 Å². The number of anilines is 1. The van der Waals surface area contributed by atoms with Crippen molar-refractivity contribution in [1.29, 1.82) is 0 Å². The third-order valence-electron chi connectivity index (χ3n) is 4.41. The zero-order chi connectivity index (χ0) is 26.5. The molecule has 0 spiro atoms. The number of aromatic nitrogens is 4. The van der Waals surface area contributed by atoms with Crippen LogP contribution in [-0.2, 0) is 25.6 Å². The van der Waals surface area contributed by atoms with Gasteiger partial charge in [0, 0.05) is 13.2 Å². The number of halogens is 11. The molecular formula is C18H10F11N5O. The lowest BCUT2D eigenvalue weighted by Gasteiger charge is -2.17. The fourth-order valence-corrected chi connectivity index (χ4v) is 3.00. The van der Waals surface area contributed by atoms with E-state index in [1.807, 2.05) is 0 Å². The molecule has 0 radical (unpaired) electrons. The Kier molecular flexibility index (Phi) is 6.32. The van der Waals surface area contributed by atoms with Gasteiger partial charge in [0.25, 0.3) is 12.3 Å². The predicted octanol–water partition coefficient (Wildman–Crippen LogP) is 5.85. The van der Waals surface area contributed by atoms with Crippen LogP contribution in [0.25, 0.3) is 5.69 Å². The molecule has 0 saturated heterocycles. The van der Waals surface area contributed by atoms with E-state index in [-0.39, 0.29) is 22.9 Å². The molecule has 0 aliphatic heterocycles. The summed E-state index contributed by atoms with van der Waals surface area (Å²) in [6, 6.07) is -0.296. The van der Waals surface area contributed by atoms with Crippen LogP contribution < -0.4 is 5.32 Å². The molecule has 0 fully saturated rings. The molecule has 2 heterocycles. The van der Waals surface area contributed by atoms with Crippen molar-refractivity contribution in [3.8, 4) is 5.69 Å². The molecule has 0 aliphatic rings. The molecule has 190 valence electrons. The van der Waals surface area contributed by atoms with Crippen LogP contribution in [-0.4, -0.2) is 25.5 Å². The van der Waals surface area contributed by atoms with Crippen molar-refractivity contribution in [3.63, 3.8) is 0 Å². The van der Waals surface area contributed by atoms with Crippen molar-refractivity contribution < 1.29 is 53.1 Å². The van der Waals surface area contributed by atoms with Crippen molar-refractivity contribution in [2.24, 2.45) is 7.05 Å². The van der Waals surface area contributed by atoms with E-state index in [1.54, 1.807) is 5.32 Å². The monoisotopic (exact) mass is 521 g/mol. The SMILES string of the molecule is Cn1cc(C(=O)Nc2cnn(-c3cc(C(F)(F)F)cc(C(F)(F)F)c3)c2C(F)(F)F)c(C(F)F)n1. The van der Waals surface area contributed by atoms with E-state index in [4.69, 9.17) is 0 Å². The molecule has 6 nitrogen and oxygen atoms in total. The fraction of sp³-hybridized carbons (Fsp3) is 0.278. The van der Waals surface area contributed by atoms with Gasteiger partial charge in [0.05, 0.1) is 34.3 Å². The minimum atomic E-state index is -5.47. The van der Waals surface area contributed by atoms with E-state index >= 15 is 0 Å². The van der Waals surface area contributed by atoms with Crippen LogP contribution in [0.1, 0.15) is 39.3 Å². The number of hydrogen-bond acceptors (Lipinski definition) is 3. The van der Waals surface area contributed by atoms with Gasteiger partial charge in [-0.2, -0.15) is 49.7 Å². The Balaban J connectivity index is 2.15. The molecule has 0 saturated carbocycles. The number of nitrogens with zero attached hydrogens (tertiary/aromatic N) is 4. The first kappa shape index (κ1) is 26.0. The van der Waals surface area contributed by atoms with E-state index in [9.17, 15) is 53.1 Å². The maximum Gasteiger partial charge on any atom is 0.435 e. The Morgan fingerprint density at radius 3 is 1.91 bits per heavy atom. The molecule has 0 atom stereocenters. The minimum Gasteiger partial charge on any atom is -0.319 e. The Hall–Kier alpha value is -3.66. The highest BCUT2D eigenvalue weighted by molar-refractivity contribution is 6.05. The minimum absolute atomic E-state index is 0.000894. The molecule has 35 heavy (non-hydrogen) atoms. The third kappa shape index (κ3) is 5.37. The largest absolute Gasteiger partial charge is 0.435 e. The smallest absolute Gasteiger partial charge is 0.319 e. The zero-order valence-corrected chi connectivity index (χ0v) is 16.8. The summed E-state index contributed by atoms with van der Waals surface area (Å²) in [7, 11) is 1.15. The second-order valence-electron chi connectivity index (χ2n) is 6.94. The number of rotatable bonds is 4. The molecule has 1 amide bonds. The predicted molar refractivity (Wildman–Crippen MR) is 94.7 cm³/mol. The molecule has 2 aromatic heterocycles. The molecule has 1 aromatic carbocycles. The average molecular weight is 521 g/mol. The third-order valence-corrected chi connectivity index (χ3v) is 4.41. The standard InChI is InChI=1S/C18H10F11N5O/c1-33-6-10(12(32-33)14(19)20)15(35)31-11-5-30-34(13(11)18(27,28)29)9-3-7(16(21,22)23)2-8(4-9)17(24,25)26/h2-6,14H,1H3,(H,31,35). The highest BCUT2D eigenvalue weighted by Crippen LogP contribution is 2.40. The quantitative estimate of drug-likeness (QED) is 0.438. The van der Waals surface area contributed by atoms with Gasteiger partial charge in [0.1, 0.15) is 5.69 Å². The summed E-state index contributed by atoms with van der Waals surface area (Å²) in [4.78, 5) is 12.3. The van der Waals surface area contributed by atoms with E-state index in [1.165, 1.54) is 0 Å². The lowest BCUT2D eigenvalue weighted by molar-refractivity contribution is -0.143. The highest BCUT2D eigenvalue weighted by Gasteiger charge is 2.42. The van der Waals surface area contributed by atoms with Gasteiger partial charge in [-0.05, 0) is 18.2 Å². The van der Waals surface area contributed by atoms with Crippen molar-refractivity contribution in [1.82, 2.24) is 19.6 Å². The first-order valence-electron chi connectivity index (χ1n) is 8.97. The van der Waals surface area contributed by atoms with Crippen molar-refractivity contribution in [2.45, 2.75) is 25.0 Å². The summed E-state index contributed by atoms with van der Waals surface area (Å²) in [5.41, 5.74) is -10.1. The van der Waals surface area contributed by atoms with Gasteiger partial charge in [0.15, 0.2) is 5.69 Å². The number of aryl methyl sites for hydroxylation is 1. The number of benzene rings is 1. The van der Waals surface area contributed by atoms with Gasteiger partial charge in [-0.3, -0.25) is 9.48 Å². The molecule has 3 rings (SSSR count). The Bertz CT molecular complexity index is 1220. The summed E-state index contributed by atoms with van der Waals surface area (Å²) < 4.78 is 147. The van der Waals surface area contributed by atoms with Crippen LogP contribution in [0.3, 0.4) is 0 Å². The number of nitrogens with one attached hydrogen (secondary N) is 1. The topological polar surface area (TPSA) is 64.7 Å². The van der Waals surface area contributed by atoms with E-state index in [0.717, 1.165) is 17.9 Å². The van der Waals surface area contributed by atoms with Crippen molar-refractivity contribution in [2.75, 3.05) is 5.32 Å². The Morgan fingerprint density at radius 1 is 0.914 bits per heavy atom. The normalized spacial score (nSPS) is 12.9.